The van der Waals surface area contributed by atoms with Gasteiger partial charge in [-0.05, 0) is 13.0 Å². The summed E-state index contributed by atoms with van der Waals surface area (Å²) in [4.78, 5) is 0. The third-order valence-electron chi connectivity index (χ3n) is 2.16. The summed E-state index contributed by atoms with van der Waals surface area (Å²) in [6.45, 7) is 2.88. The van der Waals surface area contributed by atoms with Gasteiger partial charge in [-0.25, -0.2) is 0 Å². The Balaban J connectivity index is 0. The van der Waals surface area contributed by atoms with Crippen LogP contribution >= 0.6 is 0 Å². The zero-order chi connectivity index (χ0) is 11.8. The maximum Gasteiger partial charge on any atom is 0.0662 e. The highest BCUT2D eigenvalue weighted by atomic mass is 16.3. The second-order valence-corrected chi connectivity index (χ2v) is 3.71. The standard InChI is InChI=1S/C10H23N.C2H6O2/c1-2-3-4-5-6-7-8-9-10-11;3-1-2-4/h2-11H2,1H3;3-4H,1-2H2. The van der Waals surface area contributed by atoms with Crippen molar-refractivity contribution in [1.82, 2.24) is 0 Å². The lowest BCUT2D eigenvalue weighted by Gasteiger charge is -1.99. The molecule has 0 heterocycles. The first-order valence-electron chi connectivity index (χ1n) is 6.25. The molecular formula is C12H29NO2. The topological polar surface area (TPSA) is 66.5 Å². The third-order valence-corrected chi connectivity index (χ3v) is 2.16. The van der Waals surface area contributed by atoms with Gasteiger partial charge in [-0.3, -0.25) is 0 Å². The van der Waals surface area contributed by atoms with Gasteiger partial charge >= 0.3 is 0 Å². The molecule has 0 aliphatic heterocycles. The summed E-state index contributed by atoms with van der Waals surface area (Å²) in [5.41, 5.74) is 5.39. The molecule has 3 nitrogen and oxygen atoms in total. The van der Waals surface area contributed by atoms with E-state index in [-0.39, 0.29) is 13.2 Å². The summed E-state index contributed by atoms with van der Waals surface area (Å²) in [5, 5.41) is 15.2. The van der Waals surface area contributed by atoms with Crippen LogP contribution in [0.5, 0.6) is 0 Å². The fraction of sp³-hybridized carbons (Fsp3) is 1.00. The van der Waals surface area contributed by atoms with Gasteiger partial charge in [0.25, 0.3) is 0 Å². The average molecular weight is 219 g/mol. The minimum atomic E-state index is -0.125. The van der Waals surface area contributed by atoms with Crippen molar-refractivity contribution in [2.75, 3.05) is 19.8 Å². The van der Waals surface area contributed by atoms with E-state index in [1.54, 1.807) is 0 Å². The van der Waals surface area contributed by atoms with Crippen molar-refractivity contribution < 1.29 is 10.2 Å². The minimum Gasteiger partial charge on any atom is -0.394 e. The molecule has 0 radical (unpaired) electrons. The van der Waals surface area contributed by atoms with Crippen molar-refractivity contribution in [3.63, 3.8) is 0 Å². The van der Waals surface area contributed by atoms with E-state index in [4.69, 9.17) is 15.9 Å². The first-order chi connectivity index (χ1) is 7.33. The van der Waals surface area contributed by atoms with E-state index in [2.05, 4.69) is 6.92 Å². The normalized spacial score (nSPS) is 9.60. The molecule has 0 aliphatic carbocycles. The van der Waals surface area contributed by atoms with Crippen molar-refractivity contribution in [2.24, 2.45) is 5.73 Å². The SMILES string of the molecule is CCCCCCCCCCN.OCCO. The summed E-state index contributed by atoms with van der Waals surface area (Å²) < 4.78 is 0. The van der Waals surface area contributed by atoms with Crippen LogP contribution in [0.15, 0.2) is 0 Å². The molecule has 94 valence electrons. The molecule has 0 fully saturated rings. The molecule has 0 bridgehead atoms. The number of hydrogen-bond acceptors (Lipinski definition) is 3. The Hall–Kier alpha value is -0.120. The molecule has 3 heteroatoms. The summed E-state index contributed by atoms with van der Waals surface area (Å²) in [7, 11) is 0. The Kier molecular flexibility index (Phi) is 22.4. The van der Waals surface area contributed by atoms with Crippen molar-refractivity contribution >= 4 is 0 Å². The van der Waals surface area contributed by atoms with Crippen LogP contribution < -0.4 is 5.73 Å². The van der Waals surface area contributed by atoms with E-state index < -0.39 is 0 Å². The lowest BCUT2D eigenvalue weighted by molar-refractivity contribution is 0.186. The summed E-state index contributed by atoms with van der Waals surface area (Å²) in [5.74, 6) is 0. The third kappa shape index (κ3) is 24.8. The molecular weight excluding hydrogens is 190 g/mol. The summed E-state index contributed by atoms with van der Waals surface area (Å²) >= 11 is 0. The van der Waals surface area contributed by atoms with Gasteiger partial charge in [-0.15, -0.1) is 0 Å². The Morgan fingerprint density at radius 2 is 1.13 bits per heavy atom. The van der Waals surface area contributed by atoms with E-state index in [0.29, 0.717) is 0 Å². The molecule has 0 spiro atoms. The van der Waals surface area contributed by atoms with Crippen LogP contribution in [0.1, 0.15) is 58.3 Å². The monoisotopic (exact) mass is 219 g/mol. The van der Waals surface area contributed by atoms with E-state index in [1.807, 2.05) is 0 Å². The van der Waals surface area contributed by atoms with Crippen LogP contribution in [0.4, 0.5) is 0 Å². The van der Waals surface area contributed by atoms with Crippen molar-refractivity contribution in [3.05, 3.63) is 0 Å². The Morgan fingerprint density at radius 3 is 1.47 bits per heavy atom. The first kappa shape index (κ1) is 17.3. The highest BCUT2D eigenvalue weighted by molar-refractivity contribution is 4.45. The maximum atomic E-state index is 7.62. The number of aliphatic hydroxyl groups is 2. The van der Waals surface area contributed by atoms with Crippen LogP contribution in [0.3, 0.4) is 0 Å². The van der Waals surface area contributed by atoms with Crippen molar-refractivity contribution in [1.29, 1.82) is 0 Å². The van der Waals surface area contributed by atoms with Crippen molar-refractivity contribution in [3.8, 4) is 0 Å². The number of rotatable bonds is 9. The van der Waals surface area contributed by atoms with Gasteiger partial charge in [0.2, 0.25) is 0 Å². The predicted molar refractivity (Wildman–Crippen MR) is 65.8 cm³/mol. The lowest BCUT2D eigenvalue weighted by atomic mass is 10.1. The number of aliphatic hydroxyl groups excluding tert-OH is 2. The first-order valence-corrected chi connectivity index (χ1v) is 6.25. The average Bonchev–Trinajstić information content (AvgIpc) is 2.28. The molecule has 0 amide bonds. The predicted octanol–water partition coefficient (Wildman–Crippen LogP) is 2.06. The van der Waals surface area contributed by atoms with Gasteiger partial charge in [-0.1, -0.05) is 51.9 Å². The van der Waals surface area contributed by atoms with Gasteiger partial charge in [-0.2, -0.15) is 0 Å². The molecule has 0 aliphatic rings. The number of unbranched alkanes of at least 4 members (excludes halogenated alkanes) is 7. The molecule has 0 saturated heterocycles. The highest BCUT2D eigenvalue weighted by Crippen LogP contribution is 2.07. The second kappa shape index (κ2) is 19.5. The van der Waals surface area contributed by atoms with Crippen LogP contribution in [-0.4, -0.2) is 30.0 Å². The molecule has 4 N–H and O–H groups in total. The summed E-state index contributed by atoms with van der Waals surface area (Å²) in [6, 6.07) is 0. The van der Waals surface area contributed by atoms with Crippen LogP contribution in [0.2, 0.25) is 0 Å². The van der Waals surface area contributed by atoms with Crippen molar-refractivity contribution in [2.45, 2.75) is 58.3 Å². The largest absolute Gasteiger partial charge is 0.394 e. The van der Waals surface area contributed by atoms with E-state index in [9.17, 15) is 0 Å². The van der Waals surface area contributed by atoms with Gasteiger partial charge in [0.05, 0.1) is 13.2 Å². The van der Waals surface area contributed by atoms with E-state index in [1.165, 1.54) is 51.4 Å². The molecule has 0 atom stereocenters. The van der Waals surface area contributed by atoms with Gasteiger partial charge < -0.3 is 15.9 Å². The lowest BCUT2D eigenvalue weighted by Crippen LogP contribution is -1.97. The van der Waals surface area contributed by atoms with Gasteiger partial charge in [0, 0.05) is 0 Å². The fourth-order valence-electron chi connectivity index (χ4n) is 1.28. The Labute approximate surface area is 94.7 Å². The summed E-state index contributed by atoms with van der Waals surface area (Å²) in [6.07, 6.45) is 11.0. The fourth-order valence-corrected chi connectivity index (χ4v) is 1.28. The molecule has 15 heavy (non-hydrogen) atoms. The zero-order valence-corrected chi connectivity index (χ0v) is 10.2. The van der Waals surface area contributed by atoms with Crippen LogP contribution in [0, 0.1) is 0 Å². The molecule has 0 aromatic rings. The molecule has 0 unspecified atom stereocenters. The smallest absolute Gasteiger partial charge is 0.0662 e. The van der Waals surface area contributed by atoms with Crippen LogP contribution in [-0.2, 0) is 0 Å². The zero-order valence-electron chi connectivity index (χ0n) is 10.2. The van der Waals surface area contributed by atoms with E-state index >= 15 is 0 Å². The molecule has 0 aromatic heterocycles. The Morgan fingerprint density at radius 1 is 0.733 bits per heavy atom. The highest BCUT2D eigenvalue weighted by Gasteiger charge is 1.89. The number of hydrogen-bond donors (Lipinski definition) is 3. The molecule has 0 rings (SSSR count). The van der Waals surface area contributed by atoms with Gasteiger partial charge in [0.1, 0.15) is 0 Å². The second-order valence-electron chi connectivity index (χ2n) is 3.71. The minimum absolute atomic E-state index is 0.125. The van der Waals surface area contributed by atoms with Gasteiger partial charge in [0.15, 0.2) is 0 Å². The maximum absolute atomic E-state index is 7.62. The Bertz CT molecular complexity index is 79.7. The van der Waals surface area contributed by atoms with Crippen LogP contribution in [0.25, 0.3) is 0 Å². The molecule has 0 aromatic carbocycles. The number of nitrogens with two attached hydrogens (primary N) is 1. The quantitative estimate of drug-likeness (QED) is 0.520. The molecule has 0 saturated carbocycles. The van der Waals surface area contributed by atoms with E-state index in [0.717, 1.165) is 6.54 Å².